The van der Waals surface area contributed by atoms with Crippen LogP contribution in [0.15, 0.2) is 0 Å². The fourth-order valence-electron chi connectivity index (χ4n) is 8.74. The van der Waals surface area contributed by atoms with E-state index in [4.69, 9.17) is 4.74 Å². The average molecular weight is 748 g/mol. The van der Waals surface area contributed by atoms with E-state index in [1.165, 1.54) is 0 Å². The standard InChI is InChI=1S/C27H67BrO5Si7/c1-34(2,3)22(29)23(30,35(4,5)6)25(37(10,11)12,27(32,39(16,17)18)40(19,20)21)33-26(28,38(13,14)15)24(22,31)36(7,8)9/h29-32H,1-21H3/t22-,23+,24+,25-,26+/m1/s1. The Labute approximate surface area is 263 Å². The van der Waals surface area contributed by atoms with Crippen LogP contribution in [0, 0.1) is 0 Å². The van der Waals surface area contributed by atoms with Crippen LogP contribution in [0.5, 0.6) is 0 Å². The third-order valence-corrected chi connectivity index (χ3v) is 40.0. The number of hydrogen-bond acceptors (Lipinski definition) is 5. The highest BCUT2D eigenvalue weighted by atomic mass is 79.9. The van der Waals surface area contributed by atoms with Gasteiger partial charge in [-0.25, -0.2) is 0 Å². The van der Waals surface area contributed by atoms with Crippen LogP contribution in [0.1, 0.15) is 0 Å². The molecule has 1 rings (SSSR count). The van der Waals surface area contributed by atoms with E-state index in [2.05, 4.69) is 153 Å². The molecule has 0 bridgehead atoms. The number of aliphatic hydroxyl groups is 4. The molecule has 5 atom stereocenters. The van der Waals surface area contributed by atoms with E-state index in [0.29, 0.717) is 0 Å². The van der Waals surface area contributed by atoms with Crippen LogP contribution < -0.4 is 0 Å². The summed E-state index contributed by atoms with van der Waals surface area (Å²) in [4.78, 5) is -1.33. The molecule has 0 aliphatic carbocycles. The van der Waals surface area contributed by atoms with E-state index >= 15 is 0 Å². The fraction of sp³-hybridized carbons (Fsp3) is 1.00. The van der Waals surface area contributed by atoms with Crippen molar-refractivity contribution in [2.24, 2.45) is 0 Å². The number of ether oxygens (including phenoxy) is 1. The first-order valence-corrected chi connectivity index (χ1v) is 40.3. The van der Waals surface area contributed by atoms with Gasteiger partial charge in [0.25, 0.3) is 0 Å². The van der Waals surface area contributed by atoms with Gasteiger partial charge in [0.05, 0.1) is 61.4 Å². The summed E-state index contributed by atoms with van der Waals surface area (Å²) in [5.74, 6) is 0. The third kappa shape index (κ3) is 4.47. The summed E-state index contributed by atoms with van der Waals surface area (Å²) in [7, 11) is -19.3. The first kappa shape index (κ1) is 39.8. The maximum absolute atomic E-state index is 14.3. The summed E-state index contributed by atoms with van der Waals surface area (Å²) in [5.41, 5.74) is 0. The molecule has 0 aromatic rings. The normalized spacial score (nSPS) is 36.1. The van der Waals surface area contributed by atoms with Crippen molar-refractivity contribution in [1.29, 1.82) is 0 Å². The Morgan fingerprint density at radius 3 is 0.900 bits per heavy atom. The van der Waals surface area contributed by atoms with E-state index in [-0.39, 0.29) is 0 Å². The molecule has 240 valence electrons. The molecule has 1 aliphatic rings. The van der Waals surface area contributed by atoms with Gasteiger partial charge in [-0.15, -0.1) is 0 Å². The Balaban J connectivity index is 5.21. The smallest absolute Gasteiger partial charge is 0.137 e. The topological polar surface area (TPSA) is 90.2 Å². The van der Waals surface area contributed by atoms with Crippen molar-refractivity contribution in [2.75, 3.05) is 0 Å². The van der Waals surface area contributed by atoms with Gasteiger partial charge in [0.2, 0.25) is 0 Å². The fourth-order valence-corrected chi connectivity index (χ4v) is 49.1. The second kappa shape index (κ2) is 9.90. The maximum atomic E-state index is 14.3. The average Bonchev–Trinajstić information content (AvgIpc) is 2.61. The summed E-state index contributed by atoms with van der Waals surface area (Å²) < 4.78 is 6.56. The molecular formula is C27H67BrO5Si7. The summed E-state index contributed by atoms with van der Waals surface area (Å²) in [6, 6.07) is 0. The minimum absolute atomic E-state index is 1.31. The molecule has 0 radical (unpaired) electrons. The quantitative estimate of drug-likeness (QED) is 0.160. The molecule has 1 aliphatic heterocycles. The molecule has 40 heavy (non-hydrogen) atoms. The molecule has 0 spiro atoms. The van der Waals surface area contributed by atoms with Gasteiger partial charge in [-0.2, -0.15) is 0 Å². The van der Waals surface area contributed by atoms with Gasteiger partial charge in [0, 0.05) is 0 Å². The lowest BCUT2D eigenvalue weighted by Crippen LogP contribution is -3.07. The van der Waals surface area contributed by atoms with E-state index in [0.717, 1.165) is 0 Å². The Morgan fingerprint density at radius 2 is 0.725 bits per heavy atom. The highest BCUT2D eigenvalue weighted by Gasteiger charge is 2.93. The monoisotopic (exact) mass is 746 g/mol. The molecule has 1 fully saturated rings. The Morgan fingerprint density at radius 1 is 0.450 bits per heavy atom. The summed E-state index contributed by atoms with van der Waals surface area (Å²) in [6.07, 6.45) is 0. The third-order valence-electron chi connectivity index (χ3n) is 10.3. The molecular weight excluding hydrogens is 681 g/mol. The predicted molar refractivity (Wildman–Crippen MR) is 199 cm³/mol. The lowest BCUT2D eigenvalue weighted by molar-refractivity contribution is -0.311. The number of hydrogen-bond donors (Lipinski definition) is 4. The van der Waals surface area contributed by atoms with Crippen molar-refractivity contribution < 1.29 is 25.2 Å². The number of rotatable bonds is 8. The van der Waals surface area contributed by atoms with E-state index in [9.17, 15) is 20.4 Å². The van der Waals surface area contributed by atoms with Crippen LogP contribution in [0.25, 0.3) is 0 Å². The molecule has 13 heteroatoms. The lowest BCUT2D eigenvalue weighted by Gasteiger charge is -2.83. The second-order valence-corrected chi connectivity index (χ2v) is 58.8. The van der Waals surface area contributed by atoms with Crippen molar-refractivity contribution in [3.05, 3.63) is 0 Å². The lowest BCUT2D eigenvalue weighted by atomic mass is 9.95. The van der Waals surface area contributed by atoms with Crippen LogP contribution >= 0.6 is 15.9 Å². The van der Waals surface area contributed by atoms with Gasteiger partial charge in [-0.05, 0) is 0 Å². The molecule has 0 aromatic carbocycles. The zero-order valence-corrected chi connectivity index (χ0v) is 38.7. The van der Waals surface area contributed by atoms with Gasteiger partial charge in [-0.1, -0.05) is 153 Å². The van der Waals surface area contributed by atoms with Crippen molar-refractivity contribution >= 4 is 72.4 Å². The molecule has 1 saturated heterocycles. The summed E-state index contributed by atoms with van der Waals surface area (Å²) >= 11 is 4.19. The summed E-state index contributed by atoms with van der Waals surface area (Å²) in [6.45, 7) is 45.4. The summed E-state index contributed by atoms with van der Waals surface area (Å²) in [5, 5.41) is 49.1. The first-order chi connectivity index (χ1) is 16.7. The molecule has 0 amide bonds. The molecule has 1 heterocycles. The first-order valence-electron chi connectivity index (χ1n) is 15.0. The van der Waals surface area contributed by atoms with Gasteiger partial charge in [-0.3, -0.25) is 0 Å². The molecule has 5 nitrogen and oxygen atoms in total. The molecule has 0 unspecified atom stereocenters. The van der Waals surface area contributed by atoms with Gasteiger partial charge in [0.15, 0.2) is 0 Å². The predicted octanol–water partition coefficient (Wildman–Crippen LogP) is 6.91. The largest absolute Gasteiger partial charge is 0.394 e. The Bertz CT molecular complexity index is 967. The van der Waals surface area contributed by atoms with Crippen molar-refractivity contribution in [3.8, 4) is 0 Å². The van der Waals surface area contributed by atoms with Crippen LogP contribution in [0.3, 0.4) is 0 Å². The highest BCUT2D eigenvalue weighted by Crippen LogP contribution is 2.70. The van der Waals surface area contributed by atoms with E-state index in [1.807, 2.05) is 0 Å². The molecule has 0 aromatic heterocycles. The maximum Gasteiger partial charge on any atom is 0.137 e. The molecule has 4 N–H and O–H groups in total. The second-order valence-electron chi connectivity index (χ2n) is 20.0. The van der Waals surface area contributed by atoms with Gasteiger partial charge < -0.3 is 25.2 Å². The van der Waals surface area contributed by atoms with Crippen LogP contribution in [0.2, 0.25) is 137 Å². The number of halogens is 1. The SMILES string of the molecule is C[Si](C)(C)C(O)([C@@]1([Si](C)(C)C)O[C@](Br)([Si](C)(C)C)[C@@](O)([Si](C)(C)C)[C@](O)([Si](C)(C)C)[C@]1(O)[Si](C)(C)C)[Si](C)(C)C. The highest BCUT2D eigenvalue weighted by molar-refractivity contribution is 9.10. The van der Waals surface area contributed by atoms with Crippen LogP contribution in [0.4, 0.5) is 0 Å². The Kier molecular flexibility index (Phi) is 9.85. The van der Waals surface area contributed by atoms with E-state index in [1.54, 1.807) is 0 Å². The van der Waals surface area contributed by atoms with Gasteiger partial charge in [0.1, 0.15) is 25.0 Å². The van der Waals surface area contributed by atoms with Crippen molar-refractivity contribution in [1.82, 2.24) is 0 Å². The number of alkyl halides is 1. The van der Waals surface area contributed by atoms with Crippen LogP contribution in [-0.2, 0) is 4.74 Å². The van der Waals surface area contributed by atoms with Gasteiger partial charge >= 0.3 is 0 Å². The molecule has 0 saturated carbocycles. The van der Waals surface area contributed by atoms with E-state index < -0.39 is 86.4 Å². The minimum atomic E-state index is -2.94. The minimum Gasteiger partial charge on any atom is -0.394 e. The van der Waals surface area contributed by atoms with Crippen molar-refractivity contribution in [2.45, 2.75) is 167 Å². The zero-order chi connectivity index (χ0) is 33.2. The Hall–Kier alpha value is 1.80. The van der Waals surface area contributed by atoms with Crippen LogP contribution in [-0.4, -0.2) is 107 Å². The zero-order valence-electron chi connectivity index (χ0n) is 30.1. The van der Waals surface area contributed by atoms with Crippen molar-refractivity contribution in [3.63, 3.8) is 0 Å².